The van der Waals surface area contributed by atoms with Crippen molar-refractivity contribution in [1.82, 2.24) is 9.62 Å². The van der Waals surface area contributed by atoms with E-state index in [9.17, 15) is 13.2 Å². The fraction of sp³-hybridized carbons (Fsp3) is 0.611. The monoisotopic (exact) mass is 401 g/mol. The first kappa shape index (κ1) is 21.2. The fourth-order valence-electron chi connectivity index (χ4n) is 3.73. The minimum atomic E-state index is -3.51. The Balaban J connectivity index is 0.00000243. The van der Waals surface area contributed by atoms with E-state index in [1.807, 2.05) is 6.07 Å². The summed E-state index contributed by atoms with van der Waals surface area (Å²) in [5.74, 6) is -0.0843. The van der Waals surface area contributed by atoms with E-state index in [-0.39, 0.29) is 36.8 Å². The van der Waals surface area contributed by atoms with Crippen LogP contribution in [0.1, 0.15) is 44.1 Å². The van der Waals surface area contributed by atoms with Gasteiger partial charge in [0.25, 0.3) is 0 Å². The van der Waals surface area contributed by atoms with Crippen molar-refractivity contribution in [3.8, 4) is 0 Å². The molecule has 2 atom stereocenters. The molecule has 3 N–H and O–H groups in total. The van der Waals surface area contributed by atoms with Crippen molar-refractivity contribution in [3.05, 3.63) is 29.8 Å². The molecule has 26 heavy (non-hydrogen) atoms. The van der Waals surface area contributed by atoms with Crippen LogP contribution in [0, 0.1) is 5.92 Å². The Labute approximate surface area is 162 Å². The third-order valence-electron chi connectivity index (χ3n) is 5.20. The number of benzene rings is 1. The van der Waals surface area contributed by atoms with Crippen LogP contribution in [-0.4, -0.2) is 37.8 Å². The van der Waals surface area contributed by atoms with Crippen LogP contribution in [0.3, 0.4) is 0 Å². The van der Waals surface area contributed by atoms with Crippen molar-refractivity contribution in [1.29, 1.82) is 0 Å². The molecule has 1 aromatic carbocycles. The molecule has 1 saturated carbocycles. The molecule has 0 radical (unpaired) electrons. The van der Waals surface area contributed by atoms with Crippen molar-refractivity contribution < 1.29 is 13.2 Å². The topological polar surface area (TPSA) is 92.5 Å². The van der Waals surface area contributed by atoms with E-state index in [0.29, 0.717) is 30.0 Å². The van der Waals surface area contributed by atoms with Gasteiger partial charge in [0.15, 0.2) is 0 Å². The van der Waals surface area contributed by atoms with Crippen LogP contribution >= 0.6 is 12.4 Å². The molecule has 2 unspecified atom stereocenters. The van der Waals surface area contributed by atoms with E-state index >= 15 is 0 Å². The molecule has 3 rings (SSSR count). The van der Waals surface area contributed by atoms with Gasteiger partial charge < -0.3 is 11.1 Å². The van der Waals surface area contributed by atoms with Gasteiger partial charge in [0.1, 0.15) is 0 Å². The second-order valence-corrected chi connectivity index (χ2v) is 8.97. The zero-order valence-electron chi connectivity index (χ0n) is 14.9. The maximum atomic E-state index is 12.9. The average molecular weight is 402 g/mol. The van der Waals surface area contributed by atoms with Gasteiger partial charge >= 0.3 is 0 Å². The Hall–Kier alpha value is -1.15. The Morgan fingerprint density at radius 1 is 1.15 bits per heavy atom. The molecular formula is C18H28ClN3O3S. The molecule has 1 aromatic rings. The minimum Gasteiger partial charge on any atom is -0.352 e. The molecular weight excluding hydrogens is 374 g/mol. The summed E-state index contributed by atoms with van der Waals surface area (Å²) in [6.45, 7) is 1.37. The zero-order chi connectivity index (χ0) is 17.9. The number of nitrogens with two attached hydrogens (primary N) is 1. The first-order valence-electron chi connectivity index (χ1n) is 9.10. The van der Waals surface area contributed by atoms with Crippen molar-refractivity contribution in [3.63, 3.8) is 0 Å². The van der Waals surface area contributed by atoms with Crippen LogP contribution in [-0.2, 0) is 21.4 Å². The van der Waals surface area contributed by atoms with Crippen LogP contribution in [0.5, 0.6) is 0 Å². The van der Waals surface area contributed by atoms with Gasteiger partial charge in [-0.3, -0.25) is 4.79 Å². The normalized spacial score (nSPS) is 24.0. The highest BCUT2D eigenvalue weighted by Crippen LogP contribution is 2.26. The molecule has 6 nitrogen and oxygen atoms in total. The highest BCUT2D eigenvalue weighted by atomic mass is 35.5. The molecule has 1 aliphatic heterocycles. The van der Waals surface area contributed by atoms with Crippen molar-refractivity contribution in [2.45, 2.75) is 56.0 Å². The number of halogens is 1. The summed E-state index contributed by atoms with van der Waals surface area (Å²) in [5, 5.41) is 2.90. The Kier molecular flexibility index (Phi) is 7.46. The predicted octanol–water partition coefficient (Wildman–Crippen LogP) is 2.03. The molecule has 2 aliphatic rings. The summed E-state index contributed by atoms with van der Waals surface area (Å²) >= 11 is 0. The Morgan fingerprint density at radius 2 is 1.85 bits per heavy atom. The second-order valence-electron chi connectivity index (χ2n) is 7.06. The lowest BCUT2D eigenvalue weighted by Crippen LogP contribution is -2.36. The van der Waals surface area contributed by atoms with Gasteiger partial charge in [-0.1, -0.05) is 24.6 Å². The molecule has 0 bridgehead atoms. The van der Waals surface area contributed by atoms with Crippen molar-refractivity contribution in [2.75, 3.05) is 13.1 Å². The standard InChI is InChI=1S/C18H27N3O3S.ClH/c19-16-9-8-14(12-16)18(22)20-13-15-6-2-3-7-17(15)25(23,24)21-10-4-1-5-11-21;/h2-3,6-7,14,16H,1,4-5,8-13,19H2,(H,20,22);1H. The third kappa shape index (κ3) is 4.76. The summed E-state index contributed by atoms with van der Waals surface area (Å²) in [4.78, 5) is 12.6. The van der Waals surface area contributed by atoms with Gasteiger partial charge in [0.05, 0.1) is 4.90 Å². The first-order chi connectivity index (χ1) is 12.0. The number of hydrogen-bond donors (Lipinski definition) is 2. The van der Waals surface area contributed by atoms with E-state index < -0.39 is 10.0 Å². The Bertz CT molecular complexity index is 720. The van der Waals surface area contributed by atoms with Gasteiger partial charge in [-0.25, -0.2) is 8.42 Å². The van der Waals surface area contributed by atoms with Crippen molar-refractivity contribution >= 4 is 28.3 Å². The smallest absolute Gasteiger partial charge is 0.243 e. The molecule has 8 heteroatoms. The van der Waals surface area contributed by atoms with E-state index in [0.717, 1.165) is 32.1 Å². The van der Waals surface area contributed by atoms with Crippen LogP contribution in [0.15, 0.2) is 29.2 Å². The van der Waals surface area contributed by atoms with E-state index in [1.165, 1.54) is 0 Å². The Morgan fingerprint density at radius 3 is 2.50 bits per heavy atom. The maximum absolute atomic E-state index is 12.9. The van der Waals surface area contributed by atoms with Gasteiger partial charge in [-0.15, -0.1) is 12.4 Å². The molecule has 1 saturated heterocycles. The summed E-state index contributed by atoms with van der Waals surface area (Å²) in [5.41, 5.74) is 6.51. The number of hydrogen-bond acceptors (Lipinski definition) is 4. The minimum absolute atomic E-state index is 0. The van der Waals surface area contributed by atoms with Gasteiger partial charge in [0.2, 0.25) is 15.9 Å². The predicted molar refractivity (Wildman–Crippen MR) is 103 cm³/mol. The average Bonchev–Trinajstić information content (AvgIpc) is 3.07. The van der Waals surface area contributed by atoms with Gasteiger partial charge in [-0.05, 0) is 43.7 Å². The first-order valence-corrected chi connectivity index (χ1v) is 10.5. The number of nitrogens with zero attached hydrogens (tertiary/aromatic N) is 1. The highest BCUT2D eigenvalue weighted by Gasteiger charge is 2.30. The number of piperidine rings is 1. The number of nitrogens with one attached hydrogen (secondary N) is 1. The van der Waals surface area contributed by atoms with E-state index in [4.69, 9.17) is 5.73 Å². The number of rotatable bonds is 5. The zero-order valence-corrected chi connectivity index (χ0v) is 16.5. The van der Waals surface area contributed by atoms with Crippen molar-refractivity contribution in [2.24, 2.45) is 11.7 Å². The molecule has 1 aliphatic carbocycles. The highest BCUT2D eigenvalue weighted by molar-refractivity contribution is 7.89. The molecule has 2 fully saturated rings. The van der Waals surface area contributed by atoms with Crippen LogP contribution in [0.2, 0.25) is 0 Å². The van der Waals surface area contributed by atoms with E-state index in [2.05, 4.69) is 5.32 Å². The summed E-state index contributed by atoms with van der Waals surface area (Å²) in [6, 6.07) is 7.05. The lowest BCUT2D eigenvalue weighted by molar-refractivity contribution is -0.125. The third-order valence-corrected chi connectivity index (χ3v) is 7.20. The van der Waals surface area contributed by atoms with E-state index in [1.54, 1.807) is 22.5 Å². The molecule has 146 valence electrons. The SMILES string of the molecule is Cl.NC1CCC(C(=O)NCc2ccccc2S(=O)(=O)N2CCCCC2)C1. The number of carbonyl (C=O) groups excluding carboxylic acids is 1. The molecule has 0 spiro atoms. The fourth-order valence-corrected chi connectivity index (χ4v) is 5.47. The number of sulfonamides is 1. The van der Waals surface area contributed by atoms with Gasteiger partial charge in [-0.2, -0.15) is 4.31 Å². The summed E-state index contributed by atoms with van der Waals surface area (Å²) in [7, 11) is -3.51. The molecule has 1 amide bonds. The quantitative estimate of drug-likeness (QED) is 0.789. The molecule has 1 heterocycles. The summed E-state index contributed by atoms with van der Waals surface area (Å²) in [6.07, 6.45) is 5.27. The number of amides is 1. The number of carbonyl (C=O) groups is 1. The largest absolute Gasteiger partial charge is 0.352 e. The second kappa shape index (κ2) is 9.17. The van der Waals surface area contributed by atoms with Gasteiger partial charge in [0, 0.05) is 31.6 Å². The van der Waals surface area contributed by atoms with Crippen LogP contribution in [0.4, 0.5) is 0 Å². The lowest BCUT2D eigenvalue weighted by atomic mass is 10.1. The summed E-state index contributed by atoms with van der Waals surface area (Å²) < 4.78 is 27.5. The maximum Gasteiger partial charge on any atom is 0.243 e. The molecule has 0 aromatic heterocycles. The lowest BCUT2D eigenvalue weighted by Gasteiger charge is -2.27. The van der Waals surface area contributed by atoms with Crippen LogP contribution in [0.25, 0.3) is 0 Å². The van der Waals surface area contributed by atoms with Crippen LogP contribution < -0.4 is 11.1 Å².